The van der Waals surface area contributed by atoms with E-state index in [1.54, 1.807) is 24.3 Å². The molecule has 2 aromatic carbocycles. The summed E-state index contributed by atoms with van der Waals surface area (Å²) in [4.78, 5) is 32.0. The Balaban J connectivity index is 1.84. The molecule has 0 aliphatic heterocycles. The van der Waals surface area contributed by atoms with Crippen LogP contribution in [0, 0.1) is 5.82 Å². The number of ether oxygens (including phenoxy) is 1. The molecule has 0 fully saturated rings. The summed E-state index contributed by atoms with van der Waals surface area (Å²) in [5.41, 5.74) is 1.02. The monoisotopic (exact) mass is 425 g/mol. The van der Waals surface area contributed by atoms with Crippen LogP contribution in [0.1, 0.15) is 23.1 Å². The number of aliphatic hydroxyl groups is 1. The number of carboxylic acid groups (broad SMARTS) is 1. The zero-order valence-corrected chi connectivity index (χ0v) is 16.6. The Morgan fingerprint density at radius 1 is 1.06 bits per heavy atom. The van der Waals surface area contributed by atoms with Gasteiger partial charge in [0.1, 0.15) is 29.1 Å². The van der Waals surface area contributed by atoms with Crippen LogP contribution in [-0.4, -0.2) is 44.7 Å². The number of nitrogens with zero attached hydrogens (tertiary/aromatic N) is 2. The molecule has 0 bridgehead atoms. The van der Waals surface area contributed by atoms with Crippen LogP contribution in [0.4, 0.5) is 4.39 Å². The van der Waals surface area contributed by atoms with Gasteiger partial charge in [-0.15, -0.1) is 0 Å². The highest BCUT2D eigenvalue weighted by Gasteiger charge is 2.18. The van der Waals surface area contributed by atoms with Gasteiger partial charge in [0.25, 0.3) is 5.91 Å². The van der Waals surface area contributed by atoms with Gasteiger partial charge in [-0.3, -0.25) is 9.59 Å². The van der Waals surface area contributed by atoms with Crippen molar-refractivity contribution in [1.29, 1.82) is 0 Å². The normalized spacial score (nSPS) is 11.6. The van der Waals surface area contributed by atoms with Crippen LogP contribution in [-0.2, 0) is 11.2 Å². The van der Waals surface area contributed by atoms with Crippen molar-refractivity contribution in [3.05, 3.63) is 71.8 Å². The summed E-state index contributed by atoms with van der Waals surface area (Å²) >= 11 is 0. The van der Waals surface area contributed by atoms with E-state index in [-0.39, 0.29) is 30.4 Å². The van der Waals surface area contributed by atoms with Crippen LogP contribution < -0.4 is 10.1 Å². The topological polar surface area (TPSA) is 122 Å². The van der Waals surface area contributed by atoms with E-state index >= 15 is 0 Å². The van der Waals surface area contributed by atoms with E-state index in [1.165, 1.54) is 37.3 Å². The molecule has 0 spiro atoms. The van der Waals surface area contributed by atoms with Gasteiger partial charge in [-0.25, -0.2) is 14.4 Å². The molecule has 1 amide bonds. The highest BCUT2D eigenvalue weighted by Crippen LogP contribution is 2.25. The fraction of sp³-hybridized carbons (Fsp3) is 0.182. The van der Waals surface area contributed by atoms with E-state index in [4.69, 9.17) is 9.84 Å². The molecule has 0 radical (unpaired) electrons. The van der Waals surface area contributed by atoms with E-state index in [2.05, 4.69) is 15.3 Å². The van der Waals surface area contributed by atoms with Gasteiger partial charge in [-0.1, -0.05) is 0 Å². The Hall–Kier alpha value is -3.85. The maximum Gasteiger partial charge on any atom is 0.325 e. The minimum Gasteiger partial charge on any atom is -0.480 e. The smallest absolute Gasteiger partial charge is 0.325 e. The first kappa shape index (κ1) is 21.8. The molecule has 160 valence electrons. The third kappa shape index (κ3) is 5.83. The largest absolute Gasteiger partial charge is 0.480 e. The summed E-state index contributed by atoms with van der Waals surface area (Å²) in [6.45, 7) is 1.17. The van der Waals surface area contributed by atoms with Gasteiger partial charge in [0, 0.05) is 24.3 Å². The molecular weight excluding hydrogens is 405 g/mol. The number of halogens is 1. The first-order valence-electron chi connectivity index (χ1n) is 9.42. The van der Waals surface area contributed by atoms with Gasteiger partial charge in [0.05, 0.1) is 0 Å². The molecule has 1 aromatic heterocycles. The van der Waals surface area contributed by atoms with Crippen LogP contribution in [0.5, 0.6) is 11.5 Å². The second-order valence-corrected chi connectivity index (χ2v) is 6.66. The number of aromatic nitrogens is 2. The minimum atomic E-state index is -1.17. The van der Waals surface area contributed by atoms with Gasteiger partial charge < -0.3 is 20.3 Å². The Labute approximate surface area is 177 Å². The number of carbonyl (C=O) groups is 2. The first-order valence-corrected chi connectivity index (χ1v) is 9.42. The number of aliphatic hydroxyl groups excluding tert-OH is 1. The van der Waals surface area contributed by atoms with Crippen LogP contribution in [0.15, 0.2) is 54.6 Å². The molecule has 1 heterocycles. The molecule has 3 rings (SSSR count). The zero-order valence-electron chi connectivity index (χ0n) is 16.6. The van der Waals surface area contributed by atoms with E-state index < -0.39 is 17.9 Å². The maximum atomic E-state index is 13.0. The predicted molar refractivity (Wildman–Crippen MR) is 109 cm³/mol. The third-order valence-corrected chi connectivity index (χ3v) is 4.26. The second kappa shape index (κ2) is 9.77. The first-order chi connectivity index (χ1) is 14.9. The van der Waals surface area contributed by atoms with Crippen molar-refractivity contribution < 1.29 is 28.9 Å². The third-order valence-electron chi connectivity index (χ3n) is 4.26. The predicted octanol–water partition coefficient (Wildman–Crippen LogP) is 2.81. The summed E-state index contributed by atoms with van der Waals surface area (Å²) in [5.74, 6) is -0.964. The summed E-state index contributed by atoms with van der Waals surface area (Å²) in [7, 11) is 0. The number of benzene rings is 2. The van der Waals surface area contributed by atoms with Crippen molar-refractivity contribution in [3.63, 3.8) is 0 Å². The average Bonchev–Trinajstić information content (AvgIpc) is 2.75. The van der Waals surface area contributed by atoms with Gasteiger partial charge >= 0.3 is 5.97 Å². The maximum absolute atomic E-state index is 13.0. The van der Waals surface area contributed by atoms with Crippen molar-refractivity contribution in [2.75, 3.05) is 6.61 Å². The zero-order chi connectivity index (χ0) is 22.4. The molecule has 0 aliphatic rings. The molecule has 1 atom stereocenters. The van der Waals surface area contributed by atoms with E-state index in [9.17, 15) is 19.1 Å². The fourth-order valence-corrected chi connectivity index (χ4v) is 2.63. The number of amides is 1. The lowest BCUT2D eigenvalue weighted by molar-refractivity contribution is -0.138. The van der Waals surface area contributed by atoms with Crippen molar-refractivity contribution in [2.24, 2.45) is 0 Å². The number of aliphatic carboxylic acids is 1. The lowest BCUT2D eigenvalue weighted by atomic mass is 10.1. The lowest BCUT2D eigenvalue weighted by Gasteiger charge is -2.11. The van der Waals surface area contributed by atoms with E-state index in [0.717, 1.165) is 0 Å². The molecule has 0 aliphatic carbocycles. The van der Waals surface area contributed by atoms with E-state index in [1.807, 2.05) is 0 Å². The Morgan fingerprint density at radius 3 is 2.26 bits per heavy atom. The highest BCUT2D eigenvalue weighted by atomic mass is 19.1. The Morgan fingerprint density at radius 2 is 1.68 bits per heavy atom. The molecular formula is C22H20FN3O5. The lowest BCUT2D eigenvalue weighted by Crippen LogP contribution is -2.38. The van der Waals surface area contributed by atoms with E-state index in [0.29, 0.717) is 22.8 Å². The van der Waals surface area contributed by atoms with Crippen LogP contribution >= 0.6 is 0 Å². The van der Waals surface area contributed by atoms with Crippen molar-refractivity contribution in [3.8, 4) is 22.9 Å². The molecule has 9 heteroatoms. The molecule has 1 unspecified atom stereocenters. The standard InChI is InChI=1S/C22H20FN3O5/c1-13(22(29)30)24-21(28)19-12-16(10-11-27)25-20(26-19)14-2-6-17(7-3-14)31-18-8-4-15(23)5-9-18/h2-9,12-13,27H,10-11H2,1H3,(H,24,28)(H,29,30). The minimum absolute atomic E-state index is 0.00631. The molecule has 0 saturated carbocycles. The van der Waals surface area contributed by atoms with Crippen LogP contribution in [0.2, 0.25) is 0 Å². The van der Waals surface area contributed by atoms with Crippen molar-refractivity contribution in [2.45, 2.75) is 19.4 Å². The number of hydrogen-bond acceptors (Lipinski definition) is 6. The fourth-order valence-electron chi connectivity index (χ4n) is 2.63. The van der Waals surface area contributed by atoms with Crippen LogP contribution in [0.25, 0.3) is 11.4 Å². The number of nitrogens with one attached hydrogen (secondary N) is 1. The number of hydrogen-bond donors (Lipinski definition) is 3. The summed E-state index contributed by atoms with van der Waals surface area (Å²) in [6.07, 6.45) is 0.204. The highest BCUT2D eigenvalue weighted by molar-refractivity contribution is 5.95. The van der Waals surface area contributed by atoms with Gasteiger partial charge in [0.15, 0.2) is 5.82 Å². The molecule has 3 aromatic rings. The quantitative estimate of drug-likeness (QED) is 0.507. The number of carboxylic acids is 1. The van der Waals surface area contributed by atoms with Gasteiger partial charge in [0.2, 0.25) is 0 Å². The number of carbonyl (C=O) groups excluding carboxylic acids is 1. The Kier molecular flexibility index (Phi) is 6.88. The Bertz CT molecular complexity index is 1070. The van der Waals surface area contributed by atoms with Crippen molar-refractivity contribution in [1.82, 2.24) is 15.3 Å². The SMILES string of the molecule is CC(NC(=O)c1cc(CCO)nc(-c2ccc(Oc3ccc(F)cc3)cc2)n1)C(=O)O. The average molecular weight is 425 g/mol. The second-order valence-electron chi connectivity index (χ2n) is 6.66. The molecule has 8 nitrogen and oxygen atoms in total. The molecule has 31 heavy (non-hydrogen) atoms. The van der Waals surface area contributed by atoms with Crippen molar-refractivity contribution >= 4 is 11.9 Å². The summed E-state index contributed by atoms with van der Waals surface area (Å²) in [6, 6.07) is 12.7. The molecule has 3 N–H and O–H groups in total. The number of rotatable bonds is 8. The van der Waals surface area contributed by atoms with Gasteiger partial charge in [-0.05, 0) is 61.5 Å². The van der Waals surface area contributed by atoms with Gasteiger partial charge in [-0.2, -0.15) is 0 Å². The summed E-state index contributed by atoms with van der Waals surface area (Å²) in [5, 5.41) is 20.6. The molecule has 0 saturated heterocycles. The summed E-state index contributed by atoms with van der Waals surface area (Å²) < 4.78 is 18.7. The van der Waals surface area contributed by atoms with Crippen LogP contribution in [0.3, 0.4) is 0 Å².